The average molecular weight is 442 g/mol. The topological polar surface area (TPSA) is 91.3 Å². The molecule has 31 heavy (non-hydrogen) atoms. The third-order valence-electron chi connectivity index (χ3n) is 4.25. The highest BCUT2D eigenvalue weighted by Crippen LogP contribution is 2.38. The highest BCUT2D eigenvalue weighted by molar-refractivity contribution is 7.17. The van der Waals surface area contributed by atoms with Crippen molar-refractivity contribution in [2.24, 2.45) is 5.10 Å². The van der Waals surface area contributed by atoms with Crippen LogP contribution in [0.5, 0.6) is 17.2 Å². The molecule has 1 heterocycles. The zero-order chi connectivity index (χ0) is 22.2. The van der Waals surface area contributed by atoms with Gasteiger partial charge in [0.1, 0.15) is 11.5 Å². The number of aromatic nitrogens is 1. The Balaban J connectivity index is 1.75. The van der Waals surface area contributed by atoms with E-state index in [0.29, 0.717) is 39.6 Å². The number of anilines is 1. The summed E-state index contributed by atoms with van der Waals surface area (Å²) >= 11 is 1.17. The Hall–Kier alpha value is -3.59. The summed E-state index contributed by atoms with van der Waals surface area (Å²) < 4.78 is 21.7. The van der Waals surface area contributed by atoms with Crippen LogP contribution in [0.1, 0.15) is 26.5 Å². The molecule has 0 saturated heterocycles. The molecule has 3 rings (SSSR count). The summed E-state index contributed by atoms with van der Waals surface area (Å²) in [6.45, 7) is 2.12. The van der Waals surface area contributed by atoms with Gasteiger partial charge in [-0.2, -0.15) is 5.10 Å². The summed E-state index contributed by atoms with van der Waals surface area (Å²) in [5.74, 6) is 1.13. The van der Waals surface area contributed by atoms with E-state index in [9.17, 15) is 4.79 Å². The number of thiazole rings is 1. The summed E-state index contributed by atoms with van der Waals surface area (Å²) in [6.07, 6.45) is 1.60. The van der Waals surface area contributed by atoms with Gasteiger partial charge in [-0.25, -0.2) is 9.78 Å². The van der Waals surface area contributed by atoms with Crippen molar-refractivity contribution in [1.82, 2.24) is 4.98 Å². The first-order chi connectivity index (χ1) is 15.0. The third kappa shape index (κ3) is 5.52. The monoisotopic (exact) mass is 441 g/mol. The summed E-state index contributed by atoms with van der Waals surface area (Å²) in [5, 5.41) is 4.68. The predicted molar refractivity (Wildman–Crippen MR) is 120 cm³/mol. The Morgan fingerprint density at radius 2 is 1.81 bits per heavy atom. The molecule has 0 amide bonds. The van der Waals surface area contributed by atoms with E-state index >= 15 is 0 Å². The van der Waals surface area contributed by atoms with Gasteiger partial charge in [-0.05, 0) is 24.6 Å². The number of nitrogens with one attached hydrogen (secondary N) is 1. The third-order valence-corrected chi connectivity index (χ3v) is 5.29. The number of methoxy groups -OCH3 is 3. The van der Waals surface area contributed by atoms with Gasteiger partial charge in [-0.3, -0.25) is 5.43 Å². The molecule has 0 saturated carbocycles. The molecule has 162 valence electrons. The van der Waals surface area contributed by atoms with Crippen LogP contribution in [0, 0.1) is 6.92 Å². The van der Waals surface area contributed by atoms with Crippen molar-refractivity contribution in [2.75, 3.05) is 26.8 Å². The Kier molecular flexibility index (Phi) is 7.45. The fraction of sp³-hybridized carbons (Fsp3) is 0.227. The van der Waals surface area contributed by atoms with E-state index in [1.807, 2.05) is 30.3 Å². The van der Waals surface area contributed by atoms with Gasteiger partial charge in [-0.15, -0.1) is 0 Å². The first-order valence-electron chi connectivity index (χ1n) is 9.33. The normalized spacial score (nSPS) is 10.7. The van der Waals surface area contributed by atoms with Crippen molar-refractivity contribution in [2.45, 2.75) is 13.5 Å². The average Bonchev–Trinajstić information content (AvgIpc) is 3.17. The zero-order valence-electron chi connectivity index (χ0n) is 17.7. The quantitative estimate of drug-likeness (QED) is 0.301. The summed E-state index contributed by atoms with van der Waals surface area (Å²) in [5.41, 5.74) is 5.17. The lowest BCUT2D eigenvalue weighted by atomic mass is 10.2. The molecule has 1 aromatic heterocycles. The minimum absolute atomic E-state index is 0.383. The maximum atomic E-state index is 11.7. The van der Waals surface area contributed by atoms with Crippen molar-refractivity contribution in [3.63, 3.8) is 0 Å². The first kappa shape index (κ1) is 22.1. The molecule has 0 spiro atoms. The molecule has 9 heteroatoms. The van der Waals surface area contributed by atoms with Crippen molar-refractivity contribution in [3.05, 3.63) is 64.2 Å². The molecule has 0 bridgehead atoms. The van der Waals surface area contributed by atoms with Crippen LogP contribution in [0.25, 0.3) is 0 Å². The van der Waals surface area contributed by atoms with E-state index in [2.05, 4.69) is 15.5 Å². The lowest BCUT2D eigenvalue weighted by molar-refractivity contribution is 0.0605. The number of carbonyl (C=O) groups excluding carboxylic acids is 1. The molecular weight excluding hydrogens is 418 g/mol. The van der Waals surface area contributed by atoms with Crippen LogP contribution in [0.3, 0.4) is 0 Å². The van der Waals surface area contributed by atoms with Crippen molar-refractivity contribution < 1.29 is 23.7 Å². The second kappa shape index (κ2) is 10.4. The van der Waals surface area contributed by atoms with Crippen LogP contribution in [0.4, 0.5) is 5.13 Å². The Bertz CT molecular complexity index is 1040. The van der Waals surface area contributed by atoms with Gasteiger partial charge in [0.25, 0.3) is 0 Å². The Morgan fingerprint density at radius 3 is 2.42 bits per heavy atom. The number of ether oxygens (including phenoxy) is 4. The van der Waals surface area contributed by atoms with Gasteiger partial charge in [0.2, 0.25) is 10.9 Å². The zero-order valence-corrected chi connectivity index (χ0v) is 18.5. The SMILES string of the molecule is COC(=O)c1sc(N/N=C\c2cc(OC)c(OCc3ccccc3)c(OC)c2)nc1C. The van der Waals surface area contributed by atoms with Crippen molar-refractivity contribution in [1.29, 1.82) is 0 Å². The van der Waals surface area contributed by atoms with E-state index in [-0.39, 0.29) is 0 Å². The van der Waals surface area contributed by atoms with Gasteiger partial charge in [0.15, 0.2) is 11.5 Å². The van der Waals surface area contributed by atoms with Crippen LogP contribution in [-0.2, 0) is 11.3 Å². The van der Waals surface area contributed by atoms with E-state index in [1.165, 1.54) is 18.4 Å². The van der Waals surface area contributed by atoms with Gasteiger partial charge in [0.05, 0.1) is 33.2 Å². The first-order valence-corrected chi connectivity index (χ1v) is 10.1. The van der Waals surface area contributed by atoms with E-state index in [4.69, 9.17) is 18.9 Å². The molecule has 0 atom stereocenters. The standard InChI is InChI=1S/C22H23N3O5S/c1-14-20(21(26)29-4)31-22(24-14)25-23-12-16-10-17(27-2)19(18(11-16)28-3)30-13-15-8-6-5-7-9-15/h5-12H,13H2,1-4H3,(H,24,25)/b23-12-. The number of rotatable bonds is 9. The van der Waals surface area contributed by atoms with Gasteiger partial charge < -0.3 is 18.9 Å². The lowest BCUT2D eigenvalue weighted by Gasteiger charge is -2.15. The van der Waals surface area contributed by atoms with Crippen LogP contribution in [0.2, 0.25) is 0 Å². The van der Waals surface area contributed by atoms with Crippen LogP contribution >= 0.6 is 11.3 Å². The van der Waals surface area contributed by atoms with E-state index in [0.717, 1.165) is 11.1 Å². The molecule has 0 fully saturated rings. The number of hydrogen-bond acceptors (Lipinski definition) is 9. The molecule has 8 nitrogen and oxygen atoms in total. The number of aryl methyl sites for hydroxylation is 1. The number of hydrazone groups is 1. The highest BCUT2D eigenvalue weighted by Gasteiger charge is 2.16. The Labute approximate surface area is 184 Å². The van der Waals surface area contributed by atoms with Crippen LogP contribution < -0.4 is 19.6 Å². The molecule has 0 aliphatic carbocycles. The fourth-order valence-corrected chi connectivity index (χ4v) is 3.57. The van der Waals surface area contributed by atoms with Crippen LogP contribution in [-0.4, -0.2) is 38.5 Å². The predicted octanol–water partition coefficient (Wildman–Crippen LogP) is 4.28. The van der Waals surface area contributed by atoms with Crippen molar-refractivity contribution in [3.8, 4) is 17.2 Å². The summed E-state index contributed by atoms with van der Waals surface area (Å²) in [6, 6.07) is 13.4. The molecule has 0 aliphatic rings. The molecule has 3 aromatic rings. The second-order valence-electron chi connectivity index (χ2n) is 6.32. The largest absolute Gasteiger partial charge is 0.493 e. The fourth-order valence-electron chi connectivity index (χ4n) is 2.74. The number of carbonyl (C=O) groups is 1. The summed E-state index contributed by atoms with van der Waals surface area (Å²) in [7, 11) is 4.47. The minimum atomic E-state index is -0.424. The van der Waals surface area contributed by atoms with Gasteiger partial charge in [-0.1, -0.05) is 41.7 Å². The second-order valence-corrected chi connectivity index (χ2v) is 7.32. The lowest BCUT2D eigenvalue weighted by Crippen LogP contribution is -2.01. The maximum Gasteiger partial charge on any atom is 0.350 e. The highest BCUT2D eigenvalue weighted by atomic mass is 32.1. The number of esters is 1. The Morgan fingerprint density at radius 1 is 1.13 bits per heavy atom. The summed E-state index contributed by atoms with van der Waals surface area (Å²) in [4.78, 5) is 16.4. The van der Waals surface area contributed by atoms with Crippen LogP contribution in [0.15, 0.2) is 47.6 Å². The maximum absolute atomic E-state index is 11.7. The van der Waals surface area contributed by atoms with Gasteiger partial charge in [0, 0.05) is 5.56 Å². The molecule has 0 unspecified atom stereocenters. The minimum Gasteiger partial charge on any atom is -0.493 e. The number of hydrogen-bond donors (Lipinski definition) is 1. The molecule has 1 N–H and O–H groups in total. The number of nitrogens with zero attached hydrogens (tertiary/aromatic N) is 2. The molecule has 2 aromatic carbocycles. The van der Waals surface area contributed by atoms with Crippen molar-refractivity contribution >= 4 is 28.7 Å². The molecular formula is C22H23N3O5S. The number of benzene rings is 2. The van der Waals surface area contributed by atoms with E-state index in [1.54, 1.807) is 39.5 Å². The van der Waals surface area contributed by atoms with Gasteiger partial charge >= 0.3 is 5.97 Å². The smallest absolute Gasteiger partial charge is 0.350 e. The molecule has 0 aliphatic heterocycles. The molecule has 0 radical (unpaired) electrons. The van der Waals surface area contributed by atoms with E-state index < -0.39 is 5.97 Å².